The van der Waals surface area contributed by atoms with Crippen LogP contribution >= 0.6 is 0 Å². The van der Waals surface area contributed by atoms with Crippen molar-refractivity contribution >= 4 is 11.7 Å². The first-order valence-electron chi connectivity index (χ1n) is 11.4. The van der Waals surface area contributed by atoms with Gasteiger partial charge in [-0.3, -0.25) is 4.79 Å². The van der Waals surface area contributed by atoms with Crippen molar-refractivity contribution in [3.63, 3.8) is 0 Å². The van der Waals surface area contributed by atoms with Crippen molar-refractivity contribution in [2.75, 3.05) is 39.3 Å². The zero-order valence-corrected chi connectivity index (χ0v) is 20.2. The molecule has 0 aliphatic rings. The number of nitrogens with zero attached hydrogens (tertiary/aromatic N) is 4. The van der Waals surface area contributed by atoms with E-state index in [2.05, 4.69) is 0 Å². The highest BCUT2D eigenvalue weighted by atomic mass is 19.1. The van der Waals surface area contributed by atoms with E-state index in [1.54, 1.807) is 28.8 Å². The molecule has 7 heteroatoms. The van der Waals surface area contributed by atoms with Crippen molar-refractivity contribution in [3.05, 3.63) is 102 Å². The Morgan fingerprint density at radius 3 is 2.17 bits per heavy atom. The van der Waals surface area contributed by atoms with Gasteiger partial charge in [0, 0.05) is 44.4 Å². The second-order valence-corrected chi connectivity index (χ2v) is 8.38. The smallest absolute Gasteiger partial charge is 0.254 e. The van der Waals surface area contributed by atoms with Gasteiger partial charge in [-0.15, -0.1) is 0 Å². The molecule has 0 aliphatic carbocycles. The Morgan fingerprint density at radius 2 is 1.57 bits per heavy atom. The number of carbonyl (C=O) groups is 1. The molecular formula is C28H29FN4O2. The van der Waals surface area contributed by atoms with E-state index in [1.807, 2.05) is 79.7 Å². The highest BCUT2D eigenvalue weighted by Gasteiger charge is 2.26. The lowest BCUT2D eigenvalue weighted by atomic mass is 10.1. The van der Waals surface area contributed by atoms with E-state index < -0.39 is 0 Å². The maximum Gasteiger partial charge on any atom is 0.254 e. The summed E-state index contributed by atoms with van der Waals surface area (Å²) < 4.78 is 20.8. The Bertz CT molecular complexity index is 1260. The maximum atomic E-state index is 13.7. The van der Waals surface area contributed by atoms with Gasteiger partial charge in [-0.25, -0.2) is 9.07 Å². The van der Waals surface area contributed by atoms with E-state index in [4.69, 9.17) is 9.84 Å². The molecule has 0 spiro atoms. The van der Waals surface area contributed by atoms with Crippen molar-refractivity contribution in [3.8, 4) is 16.9 Å². The average molecular weight is 473 g/mol. The summed E-state index contributed by atoms with van der Waals surface area (Å²) in [5, 5.41) is 4.95. The van der Waals surface area contributed by atoms with Gasteiger partial charge >= 0.3 is 0 Å². The molecule has 1 heterocycles. The number of aromatic nitrogens is 2. The minimum Gasteiger partial charge on any atom is -0.383 e. The van der Waals surface area contributed by atoms with Crippen LogP contribution in [0.15, 0.2) is 84.9 Å². The molecule has 4 aromatic rings. The lowest BCUT2D eigenvalue weighted by Gasteiger charge is -2.25. The number of hydrogen-bond acceptors (Lipinski definition) is 4. The third kappa shape index (κ3) is 5.41. The van der Waals surface area contributed by atoms with Crippen LogP contribution in [0.25, 0.3) is 16.9 Å². The largest absolute Gasteiger partial charge is 0.383 e. The number of carbonyl (C=O) groups excluding carboxylic acids is 1. The molecule has 35 heavy (non-hydrogen) atoms. The molecular weight excluding hydrogens is 443 g/mol. The zero-order valence-electron chi connectivity index (χ0n) is 20.2. The standard InChI is InChI=1S/C28H29FN4O2/c1-31(2)27-25(20-32(18-19-35-3)28(34)22-12-8-5-9-13-22)26(21-10-6-4-7-11-21)30-33(27)24-16-14-23(29)15-17-24/h4-17H,18-20H2,1-3H3. The summed E-state index contributed by atoms with van der Waals surface area (Å²) in [6.45, 7) is 1.16. The predicted molar refractivity (Wildman–Crippen MR) is 136 cm³/mol. The fourth-order valence-electron chi connectivity index (χ4n) is 4.04. The Hall–Kier alpha value is -3.97. The normalized spacial score (nSPS) is 10.9. The van der Waals surface area contributed by atoms with Crippen molar-refractivity contribution in [1.29, 1.82) is 0 Å². The van der Waals surface area contributed by atoms with E-state index in [-0.39, 0.29) is 11.7 Å². The second-order valence-electron chi connectivity index (χ2n) is 8.38. The second kappa shape index (κ2) is 11.0. The highest BCUT2D eigenvalue weighted by molar-refractivity contribution is 5.94. The van der Waals surface area contributed by atoms with Crippen LogP contribution in [0.2, 0.25) is 0 Å². The van der Waals surface area contributed by atoms with Gasteiger partial charge in [0.2, 0.25) is 0 Å². The highest BCUT2D eigenvalue weighted by Crippen LogP contribution is 2.34. The number of anilines is 1. The van der Waals surface area contributed by atoms with E-state index in [9.17, 15) is 9.18 Å². The van der Waals surface area contributed by atoms with Crippen LogP contribution in [0, 0.1) is 5.82 Å². The number of halogens is 1. The topological polar surface area (TPSA) is 50.6 Å². The van der Waals surface area contributed by atoms with Crippen molar-refractivity contribution < 1.29 is 13.9 Å². The Balaban J connectivity index is 1.86. The minimum absolute atomic E-state index is 0.0825. The van der Waals surface area contributed by atoms with Crippen molar-refractivity contribution in [2.24, 2.45) is 0 Å². The van der Waals surface area contributed by atoms with Crippen molar-refractivity contribution in [2.45, 2.75) is 6.54 Å². The Morgan fingerprint density at radius 1 is 0.943 bits per heavy atom. The summed E-state index contributed by atoms with van der Waals surface area (Å²) in [4.78, 5) is 17.2. The van der Waals surface area contributed by atoms with E-state index in [1.165, 1.54) is 12.1 Å². The summed E-state index contributed by atoms with van der Waals surface area (Å²) in [7, 11) is 5.50. The third-order valence-electron chi connectivity index (χ3n) is 5.72. The molecule has 0 atom stereocenters. The Kier molecular flexibility index (Phi) is 7.57. The van der Waals surface area contributed by atoms with Gasteiger partial charge in [0.1, 0.15) is 11.6 Å². The summed E-state index contributed by atoms with van der Waals surface area (Å²) >= 11 is 0. The van der Waals surface area contributed by atoms with Gasteiger partial charge in [-0.2, -0.15) is 5.10 Å². The minimum atomic E-state index is -0.310. The SMILES string of the molecule is COCCN(Cc1c(-c2ccccc2)nn(-c2ccc(F)cc2)c1N(C)C)C(=O)c1ccccc1. The van der Waals surface area contributed by atoms with Gasteiger partial charge in [-0.1, -0.05) is 48.5 Å². The number of methoxy groups -OCH3 is 1. The quantitative estimate of drug-likeness (QED) is 0.343. The van der Waals surface area contributed by atoms with Gasteiger partial charge in [0.25, 0.3) is 5.91 Å². The fourth-order valence-corrected chi connectivity index (χ4v) is 4.04. The monoisotopic (exact) mass is 472 g/mol. The van der Waals surface area contributed by atoms with Gasteiger partial charge in [-0.05, 0) is 36.4 Å². The number of benzene rings is 3. The Labute approximate surface area is 205 Å². The number of rotatable bonds is 9. The lowest BCUT2D eigenvalue weighted by molar-refractivity contribution is 0.0681. The van der Waals surface area contributed by atoms with Crippen LogP contribution in [0.5, 0.6) is 0 Å². The summed E-state index contributed by atoms with van der Waals surface area (Å²) in [5.41, 5.74) is 3.94. The van der Waals surface area contributed by atoms with Crippen LogP contribution < -0.4 is 4.90 Å². The summed E-state index contributed by atoms with van der Waals surface area (Å²) in [6.07, 6.45) is 0. The van der Waals surface area contributed by atoms with Crippen molar-refractivity contribution in [1.82, 2.24) is 14.7 Å². The van der Waals surface area contributed by atoms with Crippen LogP contribution in [0.4, 0.5) is 10.2 Å². The molecule has 4 rings (SSSR count). The van der Waals surface area contributed by atoms with Gasteiger partial charge < -0.3 is 14.5 Å². The zero-order chi connectivity index (χ0) is 24.8. The molecule has 0 bridgehead atoms. The number of ether oxygens (including phenoxy) is 1. The molecule has 3 aromatic carbocycles. The molecule has 180 valence electrons. The average Bonchev–Trinajstić information content (AvgIpc) is 3.27. The first-order valence-corrected chi connectivity index (χ1v) is 11.4. The van der Waals surface area contributed by atoms with Crippen LogP contribution in [-0.2, 0) is 11.3 Å². The fraction of sp³-hybridized carbons (Fsp3) is 0.214. The van der Waals surface area contributed by atoms with Gasteiger partial charge in [0.05, 0.1) is 24.5 Å². The molecule has 0 saturated carbocycles. The summed E-state index contributed by atoms with van der Waals surface area (Å²) in [5.74, 6) is 0.426. The predicted octanol–water partition coefficient (Wildman–Crippen LogP) is 5.03. The number of amides is 1. The maximum absolute atomic E-state index is 13.7. The van der Waals surface area contributed by atoms with E-state index >= 15 is 0 Å². The third-order valence-corrected chi connectivity index (χ3v) is 5.72. The van der Waals surface area contributed by atoms with Crippen LogP contribution in [0.1, 0.15) is 15.9 Å². The molecule has 0 unspecified atom stereocenters. The molecule has 0 saturated heterocycles. The molecule has 0 fully saturated rings. The molecule has 1 amide bonds. The molecule has 0 radical (unpaired) electrons. The molecule has 1 aromatic heterocycles. The molecule has 0 aliphatic heterocycles. The van der Waals surface area contributed by atoms with E-state index in [0.29, 0.717) is 25.3 Å². The lowest BCUT2D eigenvalue weighted by Crippen LogP contribution is -2.34. The first-order chi connectivity index (χ1) is 17.0. The summed E-state index contributed by atoms with van der Waals surface area (Å²) in [6, 6.07) is 25.3. The van der Waals surface area contributed by atoms with Gasteiger partial charge in [0.15, 0.2) is 0 Å². The van der Waals surface area contributed by atoms with Crippen LogP contribution in [0.3, 0.4) is 0 Å². The molecule has 0 N–H and O–H groups in total. The first kappa shape index (κ1) is 24.2. The van der Waals surface area contributed by atoms with E-state index in [0.717, 1.165) is 28.3 Å². The number of hydrogen-bond donors (Lipinski definition) is 0. The van der Waals surface area contributed by atoms with Crippen LogP contribution in [-0.4, -0.2) is 54.9 Å². The molecule has 6 nitrogen and oxygen atoms in total.